The van der Waals surface area contributed by atoms with Crippen LogP contribution >= 0.6 is 0 Å². The van der Waals surface area contributed by atoms with Crippen molar-refractivity contribution in [3.63, 3.8) is 0 Å². The molecule has 1 saturated heterocycles. The van der Waals surface area contributed by atoms with Gasteiger partial charge in [-0.15, -0.1) is 0 Å². The normalized spacial score (nSPS) is 18.3. The Morgan fingerprint density at radius 2 is 1.79 bits per heavy atom. The molecule has 112 valence electrons. The monoisotopic (exact) mass is 299 g/mol. The number of piperazine rings is 1. The van der Waals surface area contributed by atoms with Gasteiger partial charge in [-0.1, -0.05) is 0 Å². The van der Waals surface area contributed by atoms with Crippen LogP contribution in [-0.2, 0) is 14.8 Å². The summed E-state index contributed by atoms with van der Waals surface area (Å²) in [7, 11) is -2.05. The second-order valence-electron chi connectivity index (χ2n) is 4.59. The van der Waals surface area contributed by atoms with E-state index in [1.54, 1.807) is 4.90 Å². The average Bonchev–Trinajstić information content (AvgIpc) is 2.27. The lowest BCUT2D eigenvalue weighted by Crippen LogP contribution is -2.52. The van der Waals surface area contributed by atoms with Gasteiger partial charge in [-0.25, -0.2) is 17.2 Å². The minimum absolute atomic E-state index is 0.215. The van der Waals surface area contributed by atoms with Gasteiger partial charge in [0, 0.05) is 33.2 Å². The summed E-state index contributed by atoms with van der Waals surface area (Å²) in [5, 5.41) is 0. The van der Waals surface area contributed by atoms with Crippen LogP contribution in [-0.4, -0.2) is 87.4 Å². The molecule has 0 N–H and O–H groups in total. The van der Waals surface area contributed by atoms with Gasteiger partial charge in [0.05, 0.1) is 19.3 Å². The molecule has 1 rings (SSSR count). The number of carbonyl (C=O) groups excluding carboxylic acids is 1. The first-order valence-electron chi connectivity index (χ1n) is 5.89. The minimum Gasteiger partial charge on any atom is -0.339 e. The number of alkyl halides is 2. The highest BCUT2D eigenvalue weighted by atomic mass is 32.2. The number of nitrogens with zero attached hydrogens (tertiary/aromatic N) is 3. The van der Waals surface area contributed by atoms with Gasteiger partial charge in [-0.05, 0) is 0 Å². The zero-order chi connectivity index (χ0) is 14.6. The third-order valence-electron chi connectivity index (χ3n) is 3.05. The molecule has 19 heavy (non-hydrogen) atoms. The Hall–Kier alpha value is -0.800. The van der Waals surface area contributed by atoms with Gasteiger partial charge in [-0.3, -0.25) is 9.69 Å². The van der Waals surface area contributed by atoms with Gasteiger partial charge in [-0.2, -0.15) is 4.31 Å². The molecule has 0 radical (unpaired) electrons. The van der Waals surface area contributed by atoms with Gasteiger partial charge in [0.1, 0.15) is 0 Å². The van der Waals surface area contributed by atoms with Crippen molar-refractivity contribution >= 4 is 15.9 Å². The maximum atomic E-state index is 12.2. The Morgan fingerprint density at radius 1 is 1.26 bits per heavy atom. The molecular weight excluding hydrogens is 280 g/mol. The SMILES string of the molecule is CN(CC(=O)N1CCN(CC(F)F)CC1)S(C)(=O)=O. The second-order valence-corrected chi connectivity index (χ2v) is 6.68. The quantitative estimate of drug-likeness (QED) is 0.673. The molecule has 0 saturated carbocycles. The van der Waals surface area contributed by atoms with Crippen molar-refractivity contribution in [3.05, 3.63) is 0 Å². The molecule has 0 aromatic carbocycles. The van der Waals surface area contributed by atoms with Crippen molar-refractivity contribution in [2.24, 2.45) is 0 Å². The molecule has 0 aromatic rings. The van der Waals surface area contributed by atoms with E-state index in [0.717, 1.165) is 10.6 Å². The van der Waals surface area contributed by atoms with E-state index < -0.39 is 16.4 Å². The summed E-state index contributed by atoms with van der Waals surface area (Å²) in [6.07, 6.45) is -1.35. The number of sulfonamides is 1. The molecular formula is C10H19F2N3O3S. The average molecular weight is 299 g/mol. The van der Waals surface area contributed by atoms with Gasteiger partial charge in [0.15, 0.2) is 0 Å². The van der Waals surface area contributed by atoms with Crippen molar-refractivity contribution in [2.75, 3.05) is 52.6 Å². The summed E-state index contributed by atoms with van der Waals surface area (Å²) in [4.78, 5) is 14.9. The number of likely N-dealkylation sites (N-methyl/N-ethyl adjacent to an activating group) is 1. The maximum Gasteiger partial charge on any atom is 0.251 e. The smallest absolute Gasteiger partial charge is 0.251 e. The summed E-state index contributed by atoms with van der Waals surface area (Å²) >= 11 is 0. The molecule has 0 spiro atoms. The Bertz CT molecular complexity index is 408. The number of hydrogen-bond acceptors (Lipinski definition) is 4. The third kappa shape index (κ3) is 5.37. The fourth-order valence-corrected chi connectivity index (χ4v) is 2.13. The van der Waals surface area contributed by atoms with Crippen LogP contribution in [0.4, 0.5) is 8.78 Å². The Kier molecular flexibility index (Phi) is 5.63. The predicted molar refractivity (Wildman–Crippen MR) is 66.5 cm³/mol. The Labute approximate surface area is 112 Å². The topological polar surface area (TPSA) is 60.9 Å². The van der Waals surface area contributed by atoms with Crippen LogP contribution in [0.25, 0.3) is 0 Å². The number of halogens is 2. The number of rotatable bonds is 5. The molecule has 1 amide bonds. The van der Waals surface area contributed by atoms with Crippen LogP contribution in [0.1, 0.15) is 0 Å². The molecule has 6 nitrogen and oxygen atoms in total. The van der Waals surface area contributed by atoms with E-state index in [-0.39, 0.29) is 19.0 Å². The molecule has 9 heteroatoms. The highest BCUT2D eigenvalue weighted by molar-refractivity contribution is 7.88. The van der Waals surface area contributed by atoms with Gasteiger partial charge in [0.25, 0.3) is 6.43 Å². The van der Waals surface area contributed by atoms with Crippen LogP contribution in [0.5, 0.6) is 0 Å². The summed E-state index contributed by atoms with van der Waals surface area (Å²) in [5.74, 6) is -0.301. The van der Waals surface area contributed by atoms with Crippen molar-refractivity contribution in [1.29, 1.82) is 0 Å². The molecule has 0 unspecified atom stereocenters. The molecule has 1 fully saturated rings. The first kappa shape index (κ1) is 16.3. The standard InChI is InChI=1S/C10H19F2N3O3S/c1-13(19(2,17)18)8-10(16)15-5-3-14(4-6-15)7-9(11)12/h9H,3-8H2,1-2H3. The number of amides is 1. The largest absolute Gasteiger partial charge is 0.339 e. The molecule has 0 aliphatic carbocycles. The summed E-state index contributed by atoms with van der Waals surface area (Å²) in [6.45, 7) is 0.975. The summed E-state index contributed by atoms with van der Waals surface area (Å²) in [6, 6.07) is 0. The van der Waals surface area contributed by atoms with Crippen molar-refractivity contribution < 1.29 is 22.0 Å². The molecule has 0 bridgehead atoms. The molecule has 1 aliphatic rings. The second kappa shape index (κ2) is 6.58. The van der Waals surface area contributed by atoms with Crippen LogP contribution in [0.2, 0.25) is 0 Å². The Balaban J connectivity index is 2.41. The lowest BCUT2D eigenvalue weighted by molar-refractivity contribution is -0.133. The van der Waals surface area contributed by atoms with Crippen LogP contribution in [0.15, 0.2) is 0 Å². The lowest BCUT2D eigenvalue weighted by Gasteiger charge is -2.35. The predicted octanol–water partition coefficient (Wildman–Crippen LogP) is -0.713. The zero-order valence-corrected chi connectivity index (χ0v) is 11.9. The lowest BCUT2D eigenvalue weighted by atomic mass is 10.3. The van der Waals surface area contributed by atoms with E-state index in [0.29, 0.717) is 26.2 Å². The molecule has 1 aliphatic heterocycles. The van der Waals surface area contributed by atoms with Crippen molar-refractivity contribution in [2.45, 2.75) is 6.43 Å². The van der Waals surface area contributed by atoms with E-state index in [4.69, 9.17) is 0 Å². The fraction of sp³-hybridized carbons (Fsp3) is 0.900. The summed E-state index contributed by atoms with van der Waals surface area (Å²) < 4.78 is 47.7. The minimum atomic E-state index is -3.39. The van der Waals surface area contributed by atoms with Crippen LogP contribution in [0.3, 0.4) is 0 Å². The maximum absolute atomic E-state index is 12.2. The highest BCUT2D eigenvalue weighted by Crippen LogP contribution is 2.06. The van der Waals surface area contributed by atoms with Gasteiger partial charge in [0.2, 0.25) is 15.9 Å². The van der Waals surface area contributed by atoms with Crippen molar-refractivity contribution in [1.82, 2.24) is 14.1 Å². The van der Waals surface area contributed by atoms with Crippen LogP contribution in [0, 0.1) is 0 Å². The van der Waals surface area contributed by atoms with E-state index in [2.05, 4.69) is 0 Å². The first-order valence-corrected chi connectivity index (χ1v) is 7.74. The van der Waals surface area contributed by atoms with Crippen LogP contribution < -0.4 is 0 Å². The third-order valence-corrected chi connectivity index (χ3v) is 4.31. The molecule has 1 heterocycles. The van der Waals surface area contributed by atoms with E-state index >= 15 is 0 Å². The number of carbonyl (C=O) groups is 1. The molecule has 0 atom stereocenters. The van der Waals surface area contributed by atoms with E-state index in [1.807, 2.05) is 0 Å². The van der Waals surface area contributed by atoms with Crippen molar-refractivity contribution in [3.8, 4) is 0 Å². The van der Waals surface area contributed by atoms with E-state index in [1.165, 1.54) is 11.9 Å². The highest BCUT2D eigenvalue weighted by Gasteiger charge is 2.25. The first-order chi connectivity index (χ1) is 8.70. The fourth-order valence-electron chi connectivity index (χ4n) is 1.78. The zero-order valence-electron chi connectivity index (χ0n) is 11.1. The number of hydrogen-bond donors (Lipinski definition) is 0. The Morgan fingerprint density at radius 3 is 2.21 bits per heavy atom. The van der Waals surface area contributed by atoms with E-state index in [9.17, 15) is 22.0 Å². The van der Waals surface area contributed by atoms with Gasteiger partial charge < -0.3 is 4.90 Å². The molecule has 0 aromatic heterocycles. The summed E-state index contributed by atoms with van der Waals surface area (Å²) in [5.41, 5.74) is 0. The van der Waals surface area contributed by atoms with Gasteiger partial charge >= 0.3 is 0 Å².